The number of hydrogen-bond acceptors (Lipinski definition) is 14. The number of methoxy groups -OCH3 is 2. The summed E-state index contributed by atoms with van der Waals surface area (Å²) in [5.74, 6) is -2.53. The highest BCUT2D eigenvalue weighted by Gasteiger charge is 2.60. The fourth-order valence-electron chi connectivity index (χ4n) is 10.7. The van der Waals surface area contributed by atoms with Crippen molar-refractivity contribution in [3.8, 4) is 0 Å². The highest BCUT2D eigenvalue weighted by Crippen LogP contribution is 2.47. The van der Waals surface area contributed by atoms with Crippen LogP contribution in [-0.2, 0) is 52.2 Å². The van der Waals surface area contributed by atoms with Gasteiger partial charge in [0.25, 0.3) is 0 Å². The molecule has 0 unspecified atom stereocenters. The van der Waals surface area contributed by atoms with Gasteiger partial charge in [0.15, 0.2) is 18.4 Å². The van der Waals surface area contributed by atoms with Gasteiger partial charge < -0.3 is 62.7 Å². The average Bonchev–Trinajstić information content (AvgIpc) is 3.61. The van der Waals surface area contributed by atoms with Gasteiger partial charge in [-0.05, 0) is 62.8 Å². The lowest BCUT2D eigenvalue weighted by Crippen LogP contribution is -2.58. The number of esters is 1. The van der Waals surface area contributed by atoms with Gasteiger partial charge in [0.1, 0.15) is 42.0 Å². The molecule has 6 heterocycles. The second-order valence-electron chi connectivity index (χ2n) is 19.3. The molecule has 1 spiro atoms. The van der Waals surface area contributed by atoms with Gasteiger partial charge in [0.2, 0.25) is 0 Å². The zero-order chi connectivity index (χ0) is 46.1. The molecular formula is C50H74O14. The molecule has 14 nitrogen and oxygen atoms in total. The zero-order valence-electron chi connectivity index (χ0n) is 39.4. The Bertz CT molecular complexity index is 1810. The van der Waals surface area contributed by atoms with E-state index in [9.17, 15) is 20.1 Å². The molecule has 0 amide bonds. The quantitative estimate of drug-likeness (QED) is 0.194. The van der Waals surface area contributed by atoms with E-state index in [4.69, 9.17) is 47.4 Å². The third-order valence-electron chi connectivity index (χ3n) is 14.7. The number of fused-ring (bicyclic) bond motifs is 2. The smallest absolute Gasteiger partial charge is 0.316 e. The summed E-state index contributed by atoms with van der Waals surface area (Å²) in [7, 11) is 3.23. The van der Waals surface area contributed by atoms with Crippen LogP contribution in [0.5, 0.6) is 0 Å². The van der Waals surface area contributed by atoms with E-state index in [1.165, 1.54) is 0 Å². The van der Waals surface area contributed by atoms with Gasteiger partial charge in [0.05, 0.1) is 49.3 Å². The third kappa shape index (κ3) is 10.3. The number of aliphatic hydroxyl groups excluding tert-OH is 2. The van der Waals surface area contributed by atoms with Gasteiger partial charge in [-0.1, -0.05) is 82.7 Å². The topological polar surface area (TPSA) is 170 Å². The molecular weight excluding hydrogens is 825 g/mol. The van der Waals surface area contributed by atoms with E-state index in [1.807, 2.05) is 25.2 Å². The van der Waals surface area contributed by atoms with Crippen LogP contribution >= 0.6 is 0 Å². The van der Waals surface area contributed by atoms with Crippen LogP contribution in [0.15, 0.2) is 71.4 Å². The fraction of sp³-hybridized carbons (Fsp3) is 0.740. The molecule has 3 N–H and O–H groups in total. The predicted octanol–water partition coefficient (Wildman–Crippen LogP) is 5.93. The molecule has 2 bridgehead atoms. The molecule has 1 aliphatic carbocycles. The zero-order valence-corrected chi connectivity index (χ0v) is 39.4. The number of allylic oxidation sites excluding steroid dienone is 4. The summed E-state index contributed by atoms with van der Waals surface area (Å²) in [6, 6.07) is 0. The van der Waals surface area contributed by atoms with Crippen LogP contribution in [0.3, 0.4) is 0 Å². The number of carbonyl (C=O) groups is 1. The lowest BCUT2D eigenvalue weighted by atomic mass is 9.71. The molecule has 14 heteroatoms. The van der Waals surface area contributed by atoms with Crippen molar-refractivity contribution in [3.63, 3.8) is 0 Å². The normalized spacial score (nSPS) is 48.6. The lowest BCUT2D eigenvalue weighted by Gasteiger charge is -2.48. The van der Waals surface area contributed by atoms with Crippen molar-refractivity contribution in [2.24, 2.45) is 23.7 Å². The Hall–Kier alpha value is -2.57. The minimum absolute atomic E-state index is 0.0432. The van der Waals surface area contributed by atoms with Gasteiger partial charge in [-0.15, -0.1) is 0 Å². The number of hydrogen-bond donors (Lipinski definition) is 3. The van der Waals surface area contributed by atoms with Gasteiger partial charge >= 0.3 is 5.97 Å². The van der Waals surface area contributed by atoms with Crippen LogP contribution in [0.1, 0.15) is 93.9 Å². The van der Waals surface area contributed by atoms with Crippen LogP contribution in [0, 0.1) is 23.7 Å². The van der Waals surface area contributed by atoms with E-state index >= 15 is 0 Å². The largest absolute Gasteiger partial charge is 0.462 e. The monoisotopic (exact) mass is 899 g/mol. The van der Waals surface area contributed by atoms with Crippen molar-refractivity contribution in [2.75, 3.05) is 20.8 Å². The lowest BCUT2D eigenvalue weighted by molar-refractivity contribution is -0.318. The van der Waals surface area contributed by atoms with Crippen molar-refractivity contribution in [1.29, 1.82) is 0 Å². The Kier molecular flexibility index (Phi) is 16.0. The highest BCUT2D eigenvalue weighted by molar-refractivity contribution is 5.78. The maximum absolute atomic E-state index is 14.4. The van der Waals surface area contributed by atoms with Crippen molar-refractivity contribution < 1.29 is 67.5 Å². The molecule has 7 rings (SSSR count). The van der Waals surface area contributed by atoms with Crippen molar-refractivity contribution in [3.05, 3.63) is 71.4 Å². The summed E-state index contributed by atoms with van der Waals surface area (Å²) in [6.07, 6.45) is 12.4. The fourth-order valence-corrected chi connectivity index (χ4v) is 10.7. The van der Waals surface area contributed by atoms with Crippen molar-refractivity contribution in [1.82, 2.24) is 0 Å². The minimum atomic E-state index is -1.82. The first-order chi connectivity index (χ1) is 30.5. The molecule has 20 atom stereocenters. The predicted molar refractivity (Wildman–Crippen MR) is 236 cm³/mol. The molecule has 64 heavy (non-hydrogen) atoms. The van der Waals surface area contributed by atoms with Crippen molar-refractivity contribution >= 4 is 5.97 Å². The number of ether oxygens (including phenoxy) is 10. The number of rotatable bonds is 8. The van der Waals surface area contributed by atoms with Crippen LogP contribution in [0.25, 0.3) is 0 Å². The standard InChI is InChI=1S/C50H74O14/c1-11-27(2)45-30(5)19-20-49(64-45)25-36-22-35(63-49)18-17-29(4)44(61-41-24-39(56-10)46(33(8)59-41)62-40-23-38(55-9)43(52)32(7)58-40)28(3)15-13-12-14-16-34-26-57-47-42(51)31(6)21-37(48(53)60-36)50(34,47)54/h12-17,19-21,27-28,30,32-33,35-47,51-52,54H,11,18,22-26H2,1-10H3/b14-12+,15-13+,29-17+,34-16+/t27-,28-,30-,32-,33-,35+,36-,37-,38-,39-,40-,41-,42+,43-,44-,45+,46-,47+,49-,50+/m0/s1. The number of aliphatic hydroxyl groups is 3. The highest BCUT2D eigenvalue weighted by atomic mass is 16.7. The summed E-state index contributed by atoms with van der Waals surface area (Å²) in [6.45, 7) is 16.2. The number of carbonyl (C=O) groups excluding carboxylic acids is 1. The van der Waals surface area contributed by atoms with Gasteiger partial charge in [-0.2, -0.15) is 0 Å². The summed E-state index contributed by atoms with van der Waals surface area (Å²) in [5.41, 5.74) is 0.177. The van der Waals surface area contributed by atoms with Crippen LogP contribution in [-0.4, -0.2) is 139 Å². The maximum atomic E-state index is 14.4. The summed E-state index contributed by atoms with van der Waals surface area (Å²) < 4.78 is 63.7. The first-order valence-corrected chi connectivity index (χ1v) is 23.5. The van der Waals surface area contributed by atoms with E-state index in [0.29, 0.717) is 36.8 Å². The molecule has 0 aromatic carbocycles. The molecule has 0 radical (unpaired) electrons. The van der Waals surface area contributed by atoms with E-state index in [-0.39, 0.29) is 43.0 Å². The second-order valence-corrected chi connectivity index (χ2v) is 19.3. The van der Waals surface area contributed by atoms with Crippen LogP contribution < -0.4 is 0 Å². The molecule has 6 aliphatic heterocycles. The minimum Gasteiger partial charge on any atom is -0.462 e. The summed E-state index contributed by atoms with van der Waals surface area (Å²) in [5, 5.41) is 34.1. The Morgan fingerprint density at radius 3 is 2.31 bits per heavy atom. The third-order valence-corrected chi connectivity index (χ3v) is 14.7. The van der Waals surface area contributed by atoms with Gasteiger partial charge in [0, 0.05) is 51.7 Å². The van der Waals surface area contributed by atoms with Gasteiger partial charge in [-0.3, -0.25) is 4.79 Å². The molecule has 4 saturated heterocycles. The van der Waals surface area contributed by atoms with E-state index < -0.39 is 96.9 Å². The van der Waals surface area contributed by atoms with Crippen LogP contribution in [0.4, 0.5) is 0 Å². The first kappa shape index (κ1) is 49.3. The Morgan fingerprint density at radius 1 is 0.859 bits per heavy atom. The van der Waals surface area contributed by atoms with Crippen molar-refractivity contribution in [2.45, 2.75) is 191 Å². The second kappa shape index (κ2) is 20.7. The SMILES string of the molecule is CC[C@H](C)[C@H]1O[C@@]2(C=C[C@@H]1C)C[C@@H]1C[C@@H](C/C=C(\C)[C@@H](O[C@H]3C[C@H](OC)[C@@H](O[C@H]4C[C@H](OC)[C@@H](O)[C@H](C)O4)[C@H](C)O3)[C@@H](C)/C=C/C=C/C=C3\CO[C@@H]4[C@H](O)C(C)=C[C@@H](C(=O)O1)[C@]34O)O2. The Labute approximate surface area is 379 Å². The summed E-state index contributed by atoms with van der Waals surface area (Å²) >= 11 is 0. The molecule has 358 valence electrons. The molecule has 0 saturated carbocycles. The Morgan fingerprint density at radius 2 is 1.58 bits per heavy atom. The summed E-state index contributed by atoms with van der Waals surface area (Å²) in [4.78, 5) is 14.4. The van der Waals surface area contributed by atoms with E-state index in [1.54, 1.807) is 46.3 Å². The van der Waals surface area contributed by atoms with E-state index in [0.717, 1.165) is 12.0 Å². The maximum Gasteiger partial charge on any atom is 0.316 e. The molecule has 7 aliphatic rings. The van der Waals surface area contributed by atoms with E-state index in [2.05, 4.69) is 52.8 Å². The molecule has 0 aromatic heterocycles. The molecule has 0 aromatic rings. The Balaban J connectivity index is 1.18. The van der Waals surface area contributed by atoms with Gasteiger partial charge in [-0.25, -0.2) is 0 Å². The molecule has 4 fully saturated rings. The first-order valence-electron chi connectivity index (χ1n) is 23.5. The van der Waals surface area contributed by atoms with Crippen LogP contribution in [0.2, 0.25) is 0 Å². The average molecular weight is 899 g/mol.